The lowest BCUT2D eigenvalue weighted by atomic mass is 9.94. The van der Waals surface area contributed by atoms with Gasteiger partial charge in [-0.25, -0.2) is 0 Å². The standard InChI is InChI=1S/C19H19BrF3N/c1-12-7-13(2)9-16(8-12)17(19(21,22)23)6-4-14-3-5-15(11-24)18(20)10-14/h3-10,17H,11,24H2,1-2H3/b6-4+. The maximum Gasteiger partial charge on any atom is 0.399 e. The minimum Gasteiger partial charge on any atom is -0.326 e. The fraction of sp³-hybridized carbons (Fsp3) is 0.263. The third-order valence-corrected chi connectivity index (χ3v) is 4.47. The molecule has 0 saturated heterocycles. The number of halogens is 4. The predicted octanol–water partition coefficient (Wildman–Crippen LogP) is 5.88. The second-order valence-electron chi connectivity index (χ2n) is 5.85. The fourth-order valence-corrected chi connectivity index (χ4v) is 3.20. The van der Waals surface area contributed by atoms with E-state index in [1.54, 1.807) is 38.1 Å². The Balaban J connectivity index is 2.38. The molecule has 5 heteroatoms. The first kappa shape index (κ1) is 18.7. The lowest BCUT2D eigenvalue weighted by molar-refractivity contribution is -0.139. The molecule has 0 amide bonds. The van der Waals surface area contributed by atoms with Gasteiger partial charge >= 0.3 is 6.18 Å². The highest BCUT2D eigenvalue weighted by atomic mass is 79.9. The van der Waals surface area contributed by atoms with Crippen LogP contribution in [0, 0.1) is 13.8 Å². The van der Waals surface area contributed by atoms with E-state index in [0.29, 0.717) is 12.1 Å². The van der Waals surface area contributed by atoms with Gasteiger partial charge in [0.1, 0.15) is 0 Å². The minimum absolute atomic E-state index is 0.258. The zero-order valence-corrected chi connectivity index (χ0v) is 15.1. The molecule has 2 aromatic rings. The summed E-state index contributed by atoms with van der Waals surface area (Å²) in [6, 6.07) is 10.4. The molecule has 0 bridgehead atoms. The molecular formula is C19H19BrF3N. The van der Waals surface area contributed by atoms with Crippen LogP contribution in [-0.4, -0.2) is 6.18 Å². The van der Waals surface area contributed by atoms with Gasteiger partial charge < -0.3 is 5.73 Å². The van der Waals surface area contributed by atoms with Crippen molar-refractivity contribution >= 4 is 22.0 Å². The summed E-state index contributed by atoms with van der Waals surface area (Å²) in [6.45, 7) is 3.98. The summed E-state index contributed by atoms with van der Waals surface area (Å²) in [5.41, 5.74) is 9.09. The smallest absolute Gasteiger partial charge is 0.326 e. The van der Waals surface area contributed by atoms with Gasteiger partial charge in [0.05, 0.1) is 5.92 Å². The van der Waals surface area contributed by atoms with Crippen molar-refractivity contribution < 1.29 is 13.2 Å². The molecule has 0 aliphatic carbocycles. The molecule has 2 rings (SSSR count). The Labute approximate surface area is 148 Å². The molecule has 0 aliphatic rings. The molecule has 0 aliphatic heterocycles. The van der Waals surface area contributed by atoms with Crippen molar-refractivity contribution in [2.24, 2.45) is 5.73 Å². The van der Waals surface area contributed by atoms with Crippen molar-refractivity contribution in [2.75, 3.05) is 0 Å². The van der Waals surface area contributed by atoms with E-state index in [9.17, 15) is 13.2 Å². The first-order chi connectivity index (χ1) is 11.2. The molecule has 0 fully saturated rings. The number of alkyl halides is 3. The van der Waals surface area contributed by atoms with Crippen LogP contribution in [0.2, 0.25) is 0 Å². The summed E-state index contributed by atoms with van der Waals surface area (Å²) in [6.07, 6.45) is -1.63. The molecule has 24 heavy (non-hydrogen) atoms. The largest absolute Gasteiger partial charge is 0.399 e. The van der Waals surface area contributed by atoms with E-state index in [2.05, 4.69) is 15.9 Å². The normalized spacial score (nSPS) is 13.5. The van der Waals surface area contributed by atoms with Crippen molar-refractivity contribution in [1.29, 1.82) is 0 Å². The molecule has 2 aromatic carbocycles. The molecule has 0 saturated carbocycles. The van der Waals surface area contributed by atoms with Crippen LogP contribution >= 0.6 is 15.9 Å². The SMILES string of the molecule is Cc1cc(C)cc(C(/C=C/c2ccc(CN)c(Br)c2)C(F)(F)F)c1. The first-order valence-electron chi connectivity index (χ1n) is 7.52. The van der Waals surface area contributed by atoms with Crippen molar-refractivity contribution in [3.8, 4) is 0 Å². The van der Waals surface area contributed by atoms with Crippen LogP contribution in [0.15, 0.2) is 46.9 Å². The van der Waals surface area contributed by atoms with Crippen LogP contribution in [0.3, 0.4) is 0 Å². The van der Waals surface area contributed by atoms with E-state index in [4.69, 9.17) is 5.73 Å². The highest BCUT2D eigenvalue weighted by molar-refractivity contribution is 9.10. The first-order valence-corrected chi connectivity index (χ1v) is 8.31. The second kappa shape index (κ2) is 7.53. The molecule has 0 heterocycles. The molecule has 1 atom stereocenters. The van der Waals surface area contributed by atoms with Crippen LogP contribution in [0.1, 0.15) is 33.7 Å². The Bertz CT molecular complexity index is 731. The number of benzene rings is 2. The molecule has 1 unspecified atom stereocenters. The number of nitrogens with two attached hydrogens (primary N) is 1. The van der Waals surface area contributed by atoms with Crippen LogP contribution in [0.4, 0.5) is 13.2 Å². The van der Waals surface area contributed by atoms with Gasteiger partial charge in [0.25, 0.3) is 0 Å². The Morgan fingerprint density at radius 2 is 1.71 bits per heavy atom. The van der Waals surface area contributed by atoms with Crippen molar-refractivity contribution in [2.45, 2.75) is 32.5 Å². The molecule has 0 radical (unpaired) electrons. The lowest BCUT2D eigenvalue weighted by Crippen LogP contribution is -2.19. The molecular weight excluding hydrogens is 379 g/mol. The van der Waals surface area contributed by atoms with Gasteiger partial charge in [-0.2, -0.15) is 13.2 Å². The molecule has 1 nitrogen and oxygen atoms in total. The number of rotatable bonds is 4. The maximum atomic E-state index is 13.5. The van der Waals surface area contributed by atoms with Gasteiger partial charge in [-0.05, 0) is 36.6 Å². The molecule has 128 valence electrons. The quantitative estimate of drug-likeness (QED) is 0.684. The number of hydrogen-bond acceptors (Lipinski definition) is 1. The van der Waals surface area contributed by atoms with E-state index in [0.717, 1.165) is 21.2 Å². The van der Waals surface area contributed by atoms with E-state index >= 15 is 0 Å². The van der Waals surface area contributed by atoms with Crippen molar-refractivity contribution in [3.63, 3.8) is 0 Å². The summed E-state index contributed by atoms with van der Waals surface area (Å²) < 4.78 is 41.3. The van der Waals surface area contributed by atoms with Crippen molar-refractivity contribution in [3.05, 3.63) is 74.8 Å². The van der Waals surface area contributed by atoms with E-state index < -0.39 is 12.1 Å². The average molecular weight is 398 g/mol. The highest BCUT2D eigenvalue weighted by Gasteiger charge is 2.39. The topological polar surface area (TPSA) is 26.0 Å². The van der Waals surface area contributed by atoms with Gasteiger partial charge in [0.2, 0.25) is 0 Å². The highest BCUT2D eigenvalue weighted by Crippen LogP contribution is 2.37. The third kappa shape index (κ3) is 4.71. The van der Waals surface area contributed by atoms with Crippen LogP contribution < -0.4 is 5.73 Å². The Kier molecular flexibility index (Phi) is 5.88. The van der Waals surface area contributed by atoms with E-state index in [1.807, 2.05) is 12.1 Å². The molecule has 2 N–H and O–H groups in total. The maximum absolute atomic E-state index is 13.5. The lowest BCUT2D eigenvalue weighted by Gasteiger charge is -2.18. The summed E-state index contributed by atoms with van der Waals surface area (Å²) in [5.74, 6) is -1.64. The van der Waals surface area contributed by atoms with Crippen molar-refractivity contribution in [1.82, 2.24) is 0 Å². The number of allylic oxidation sites excluding steroid dienone is 1. The summed E-state index contributed by atoms with van der Waals surface area (Å²) in [4.78, 5) is 0. The zero-order chi connectivity index (χ0) is 17.9. The zero-order valence-electron chi connectivity index (χ0n) is 13.5. The van der Waals surface area contributed by atoms with Crippen LogP contribution in [-0.2, 0) is 6.54 Å². The minimum atomic E-state index is -4.34. The van der Waals surface area contributed by atoms with Gasteiger partial charge in [0.15, 0.2) is 0 Å². The predicted molar refractivity (Wildman–Crippen MR) is 95.8 cm³/mol. The molecule has 0 aromatic heterocycles. The Morgan fingerprint density at radius 1 is 1.08 bits per heavy atom. The number of aryl methyl sites for hydroxylation is 2. The van der Waals surface area contributed by atoms with E-state index in [1.165, 1.54) is 12.2 Å². The summed E-state index contributed by atoms with van der Waals surface area (Å²) in [7, 11) is 0. The van der Waals surface area contributed by atoms with Gasteiger partial charge in [-0.1, -0.05) is 69.5 Å². The average Bonchev–Trinajstić information content (AvgIpc) is 2.45. The fourth-order valence-electron chi connectivity index (χ4n) is 2.64. The summed E-state index contributed by atoms with van der Waals surface area (Å²) in [5, 5.41) is 0. The third-order valence-electron chi connectivity index (χ3n) is 3.73. The Hall–Kier alpha value is -1.59. The van der Waals surface area contributed by atoms with Gasteiger partial charge in [-0.3, -0.25) is 0 Å². The van der Waals surface area contributed by atoms with Crippen LogP contribution in [0.5, 0.6) is 0 Å². The monoisotopic (exact) mass is 397 g/mol. The number of hydrogen-bond donors (Lipinski definition) is 1. The van der Waals surface area contributed by atoms with Gasteiger partial charge in [0, 0.05) is 11.0 Å². The van der Waals surface area contributed by atoms with Gasteiger partial charge in [-0.15, -0.1) is 0 Å². The Morgan fingerprint density at radius 3 is 2.21 bits per heavy atom. The summed E-state index contributed by atoms with van der Waals surface area (Å²) >= 11 is 3.38. The van der Waals surface area contributed by atoms with E-state index in [-0.39, 0.29) is 5.56 Å². The molecule has 0 spiro atoms. The second-order valence-corrected chi connectivity index (χ2v) is 6.71. The van der Waals surface area contributed by atoms with Crippen LogP contribution in [0.25, 0.3) is 6.08 Å².